The van der Waals surface area contributed by atoms with E-state index in [1.807, 2.05) is 85.1 Å². The van der Waals surface area contributed by atoms with Gasteiger partial charge in [-0.25, -0.2) is 9.98 Å². The number of hydrogen-bond donors (Lipinski definition) is 4. The zero-order chi connectivity index (χ0) is 34.5. The van der Waals surface area contributed by atoms with Gasteiger partial charge >= 0.3 is 0 Å². The van der Waals surface area contributed by atoms with E-state index >= 15 is 0 Å². The number of nitrogens with one attached hydrogen (secondary N) is 1. The van der Waals surface area contributed by atoms with Gasteiger partial charge in [0.25, 0.3) is 0 Å². The van der Waals surface area contributed by atoms with Crippen molar-refractivity contribution in [2.75, 3.05) is 17.2 Å². The van der Waals surface area contributed by atoms with Crippen molar-refractivity contribution in [1.82, 2.24) is 15.0 Å². The number of aliphatic imine (C=N–C) groups is 3. The zero-order valence-electron chi connectivity index (χ0n) is 26.8. The van der Waals surface area contributed by atoms with Crippen molar-refractivity contribution < 1.29 is 0 Å². The standard InChI is InChI=1S/C40H32IN9/c41-24-48-36-14-10-28(20-34(36)44)30-11-15-37-39(22-30)50-40(49-37)26-6-4-25(5-7-26)16-18-46-35-13-9-27(19-33(35)43)29-8-12-32(42)38(21-29)47-23-31-3-1-2-17-45-31/h1-15,17-24H,16,42-44H2,(H,49,50). The molecule has 0 bridgehead atoms. The van der Waals surface area contributed by atoms with Crippen LogP contribution in [0.1, 0.15) is 11.3 Å². The number of aromatic nitrogens is 3. The highest BCUT2D eigenvalue weighted by molar-refractivity contribution is 14.1. The molecule has 2 heterocycles. The van der Waals surface area contributed by atoms with Crippen molar-refractivity contribution in [3.05, 3.63) is 133 Å². The normalized spacial score (nSPS) is 11.8. The van der Waals surface area contributed by atoms with Crippen LogP contribution in [0.4, 0.5) is 34.1 Å². The summed E-state index contributed by atoms with van der Waals surface area (Å²) in [5.41, 5.74) is 31.5. The first-order valence-electron chi connectivity index (χ1n) is 15.8. The number of halogens is 1. The van der Waals surface area contributed by atoms with Gasteiger partial charge in [-0.15, -0.1) is 0 Å². The predicted octanol–water partition coefficient (Wildman–Crippen LogP) is 9.50. The second-order valence-electron chi connectivity index (χ2n) is 11.6. The smallest absolute Gasteiger partial charge is 0.138 e. The lowest BCUT2D eigenvalue weighted by atomic mass is 10.0. The van der Waals surface area contributed by atoms with Crippen molar-refractivity contribution in [3.63, 3.8) is 0 Å². The molecule has 0 amide bonds. The third kappa shape index (κ3) is 7.30. The van der Waals surface area contributed by atoms with Gasteiger partial charge in [0, 0.05) is 24.4 Å². The van der Waals surface area contributed by atoms with Gasteiger partial charge in [-0.3, -0.25) is 15.0 Å². The summed E-state index contributed by atoms with van der Waals surface area (Å²) in [6, 6.07) is 37.6. The third-order valence-corrected chi connectivity index (χ3v) is 8.51. The highest BCUT2D eigenvalue weighted by Crippen LogP contribution is 2.34. The summed E-state index contributed by atoms with van der Waals surface area (Å²) < 4.78 is 1.71. The third-order valence-electron chi connectivity index (χ3n) is 8.23. The van der Waals surface area contributed by atoms with Gasteiger partial charge in [0.15, 0.2) is 0 Å². The summed E-state index contributed by atoms with van der Waals surface area (Å²) in [4.78, 5) is 26.1. The van der Waals surface area contributed by atoms with Gasteiger partial charge in [-0.05, 0) is 111 Å². The van der Waals surface area contributed by atoms with E-state index in [0.29, 0.717) is 34.9 Å². The Morgan fingerprint density at radius 2 is 1.28 bits per heavy atom. The van der Waals surface area contributed by atoms with E-state index in [4.69, 9.17) is 22.2 Å². The first kappa shape index (κ1) is 32.4. The molecule has 10 heteroatoms. The van der Waals surface area contributed by atoms with Crippen LogP contribution in [0.3, 0.4) is 0 Å². The maximum atomic E-state index is 6.43. The van der Waals surface area contributed by atoms with E-state index in [-0.39, 0.29) is 0 Å². The topological polar surface area (TPSA) is 157 Å². The average Bonchev–Trinajstić information content (AvgIpc) is 3.57. The van der Waals surface area contributed by atoms with Crippen LogP contribution < -0.4 is 17.2 Å². The van der Waals surface area contributed by atoms with Crippen LogP contribution in [-0.2, 0) is 6.42 Å². The number of nitrogen functional groups attached to an aromatic ring is 3. The number of fused-ring (bicyclic) bond motifs is 1. The highest BCUT2D eigenvalue weighted by Gasteiger charge is 2.09. The molecule has 244 valence electrons. The van der Waals surface area contributed by atoms with Crippen LogP contribution >= 0.6 is 22.6 Å². The average molecular weight is 766 g/mol. The van der Waals surface area contributed by atoms with Gasteiger partial charge in [0.05, 0.1) is 61.3 Å². The molecule has 9 nitrogen and oxygen atoms in total. The first-order chi connectivity index (χ1) is 24.4. The number of H-pyrrole nitrogens is 1. The molecule has 7 N–H and O–H groups in total. The lowest BCUT2D eigenvalue weighted by Crippen LogP contribution is -1.91. The van der Waals surface area contributed by atoms with Crippen LogP contribution in [0, 0.1) is 0 Å². The minimum absolute atomic E-state index is 0.585. The monoisotopic (exact) mass is 765 g/mol. The van der Waals surface area contributed by atoms with E-state index in [1.54, 1.807) is 16.6 Å². The Bertz CT molecular complexity index is 2400. The summed E-state index contributed by atoms with van der Waals surface area (Å²) in [6.07, 6.45) is 5.97. The fourth-order valence-electron chi connectivity index (χ4n) is 5.55. The lowest BCUT2D eigenvalue weighted by molar-refractivity contribution is 1.30. The van der Waals surface area contributed by atoms with Crippen LogP contribution in [-0.4, -0.2) is 31.6 Å². The number of nitrogens with two attached hydrogens (primary N) is 3. The van der Waals surface area contributed by atoms with Crippen LogP contribution in [0.5, 0.6) is 0 Å². The zero-order valence-corrected chi connectivity index (χ0v) is 29.0. The summed E-state index contributed by atoms with van der Waals surface area (Å²) in [6.45, 7) is 0. The molecule has 0 radical (unpaired) electrons. The number of hydrogen-bond acceptors (Lipinski definition) is 8. The molecule has 0 unspecified atom stereocenters. The van der Waals surface area contributed by atoms with Gasteiger partial charge in [0.1, 0.15) is 5.82 Å². The Balaban J connectivity index is 1.01. The fourth-order valence-corrected chi connectivity index (χ4v) is 5.85. The Morgan fingerprint density at radius 1 is 0.620 bits per heavy atom. The van der Waals surface area contributed by atoms with E-state index in [1.165, 1.54) is 0 Å². The van der Waals surface area contributed by atoms with Crippen molar-refractivity contribution in [2.24, 2.45) is 15.0 Å². The summed E-state index contributed by atoms with van der Waals surface area (Å²) in [5, 5.41) is 0. The maximum absolute atomic E-state index is 6.43. The van der Waals surface area contributed by atoms with Crippen LogP contribution in [0.2, 0.25) is 0 Å². The summed E-state index contributed by atoms with van der Waals surface area (Å²) in [7, 11) is 0. The maximum Gasteiger partial charge on any atom is 0.138 e. The van der Waals surface area contributed by atoms with Gasteiger partial charge in [0.2, 0.25) is 0 Å². The quantitative estimate of drug-likeness (QED) is 0.0654. The molecule has 0 saturated heterocycles. The highest BCUT2D eigenvalue weighted by atomic mass is 127. The van der Waals surface area contributed by atoms with Gasteiger partial charge in [-0.2, -0.15) is 0 Å². The lowest BCUT2D eigenvalue weighted by Gasteiger charge is -2.08. The molecule has 2 aromatic heterocycles. The molecule has 0 saturated carbocycles. The molecule has 0 fully saturated rings. The summed E-state index contributed by atoms with van der Waals surface area (Å²) in [5.74, 6) is 0.810. The number of imidazole rings is 1. The van der Waals surface area contributed by atoms with Crippen LogP contribution in [0.25, 0.3) is 44.7 Å². The van der Waals surface area contributed by atoms with E-state index in [0.717, 1.165) is 61.6 Å². The fraction of sp³-hybridized carbons (Fsp3) is 0.0250. The molecule has 0 aliphatic heterocycles. The number of nitrogens with zero attached hydrogens (tertiary/aromatic N) is 5. The second kappa shape index (κ2) is 14.5. The van der Waals surface area contributed by atoms with Gasteiger partial charge in [-0.1, -0.05) is 54.6 Å². The Hall–Kier alpha value is -6.14. The molecular weight excluding hydrogens is 733 g/mol. The molecule has 0 aliphatic rings. The SMILES string of the molecule is Nc1cc(-c2ccc(N)c(N=Cc3ccccn3)c2)ccc1N=CCc1ccc(-c2nc3ccc(-c4ccc(N=CI)c(N)c4)cc3[nH]2)cc1. The minimum Gasteiger partial charge on any atom is -0.397 e. The first-order valence-corrected chi connectivity index (χ1v) is 17.1. The number of pyridine rings is 1. The summed E-state index contributed by atoms with van der Waals surface area (Å²) >= 11 is 2.09. The molecular formula is C40H32IN9. The number of aromatic amines is 1. The van der Waals surface area contributed by atoms with Gasteiger partial charge < -0.3 is 22.2 Å². The van der Waals surface area contributed by atoms with E-state index < -0.39 is 0 Å². The van der Waals surface area contributed by atoms with Crippen molar-refractivity contribution in [2.45, 2.75) is 6.42 Å². The Kier molecular flexibility index (Phi) is 9.43. The Labute approximate surface area is 302 Å². The molecule has 50 heavy (non-hydrogen) atoms. The van der Waals surface area contributed by atoms with Crippen molar-refractivity contribution in [1.29, 1.82) is 0 Å². The Morgan fingerprint density at radius 3 is 1.98 bits per heavy atom. The number of benzene rings is 5. The minimum atomic E-state index is 0.585. The van der Waals surface area contributed by atoms with Crippen LogP contribution in [0.15, 0.2) is 136 Å². The molecule has 0 atom stereocenters. The second-order valence-corrected chi connectivity index (χ2v) is 12.1. The molecule has 0 spiro atoms. The van der Waals surface area contributed by atoms with Crippen molar-refractivity contribution >= 4 is 84.4 Å². The largest absolute Gasteiger partial charge is 0.397 e. The molecule has 7 aromatic rings. The number of rotatable bonds is 9. The number of anilines is 3. The molecule has 7 rings (SSSR count). The van der Waals surface area contributed by atoms with Crippen molar-refractivity contribution in [3.8, 4) is 33.6 Å². The van der Waals surface area contributed by atoms with E-state index in [2.05, 4.69) is 83.9 Å². The molecule has 5 aromatic carbocycles. The van der Waals surface area contributed by atoms with E-state index in [9.17, 15) is 0 Å². The molecule has 0 aliphatic carbocycles. The predicted molar refractivity (Wildman–Crippen MR) is 218 cm³/mol.